The molecule has 1 rings (SSSR count). The Labute approximate surface area is 58.4 Å². The van der Waals surface area contributed by atoms with Crippen molar-refractivity contribution in [3.63, 3.8) is 0 Å². The zero-order chi connectivity index (χ0) is 7.56. The van der Waals surface area contributed by atoms with E-state index in [-0.39, 0.29) is 10.6 Å². The van der Waals surface area contributed by atoms with E-state index in [9.17, 15) is 10.1 Å². The van der Waals surface area contributed by atoms with E-state index in [1.807, 2.05) is 6.92 Å². The third-order valence-electron chi connectivity index (χ3n) is 1.31. The first-order chi connectivity index (χ1) is 4.70. The van der Waals surface area contributed by atoms with Crippen molar-refractivity contribution in [1.29, 1.82) is 0 Å². The highest BCUT2D eigenvalue weighted by Gasteiger charge is 2.11. The SMILES string of the molecule is CC1=CC=C([N+](=O)[O-])CN1. The van der Waals surface area contributed by atoms with Gasteiger partial charge in [-0.1, -0.05) is 0 Å². The Kier molecular flexibility index (Phi) is 1.71. The molecule has 0 aromatic rings. The topological polar surface area (TPSA) is 55.2 Å². The molecule has 1 heterocycles. The van der Waals surface area contributed by atoms with Gasteiger partial charge in [0.2, 0.25) is 0 Å². The largest absolute Gasteiger partial charge is 0.379 e. The van der Waals surface area contributed by atoms with Crippen LogP contribution in [-0.4, -0.2) is 11.5 Å². The molecule has 0 fully saturated rings. The highest BCUT2D eigenvalue weighted by molar-refractivity contribution is 5.18. The summed E-state index contributed by atoms with van der Waals surface area (Å²) in [6, 6.07) is 0. The summed E-state index contributed by atoms with van der Waals surface area (Å²) in [4.78, 5) is 9.75. The molecule has 4 heteroatoms. The van der Waals surface area contributed by atoms with Gasteiger partial charge in [0.15, 0.2) is 0 Å². The molecule has 1 aliphatic rings. The molecule has 10 heavy (non-hydrogen) atoms. The monoisotopic (exact) mass is 140 g/mol. The Morgan fingerprint density at radius 1 is 1.70 bits per heavy atom. The molecular weight excluding hydrogens is 132 g/mol. The molecule has 0 amide bonds. The van der Waals surface area contributed by atoms with Gasteiger partial charge in [0.05, 0.1) is 4.92 Å². The van der Waals surface area contributed by atoms with Crippen molar-refractivity contribution in [1.82, 2.24) is 5.32 Å². The van der Waals surface area contributed by atoms with Crippen LogP contribution in [0.25, 0.3) is 0 Å². The third kappa shape index (κ3) is 1.34. The Hall–Kier alpha value is -1.32. The molecule has 54 valence electrons. The lowest BCUT2D eigenvalue weighted by molar-refractivity contribution is -0.426. The zero-order valence-electron chi connectivity index (χ0n) is 5.63. The van der Waals surface area contributed by atoms with Gasteiger partial charge < -0.3 is 5.32 Å². The van der Waals surface area contributed by atoms with E-state index in [4.69, 9.17) is 0 Å². The fraction of sp³-hybridized carbons (Fsp3) is 0.333. The predicted octanol–water partition coefficient (Wildman–Crippen LogP) is 0.654. The standard InChI is InChI=1S/C6H8N2O2/c1-5-2-3-6(4-7-5)8(9)10/h2-3,7H,4H2,1H3. The van der Waals surface area contributed by atoms with Crippen LogP contribution in [0.1, 0.15) is 6.92 Å². The number of nitro groups is 1. The summed E-state index contributed by atoms with van der Waals surface area (Å²) in [5, 5.41) is 13.0. The number of rotatable bonds is 1. The average molecular weight is 140 g/mol. The normalized spacial score (nSPS) is 16.9. The number of dihydropyridines is 1. The van der Waals surface area contributed by atoms with E-state index >= 15 is 0 Å². The maximum Gasteiger partial charge on any atom is 0.265 e. The van der Waals surface area contributed by atoms with Gasteiger partial charge in [-0.3, -0.25) is 10.1 Å². The highest BCUT2D eigenvalue weighted by atomic mass is 16.6. The van der Waals surface area contributed by atoms with Crippen LogP contribution < -0.4 is 5.32 Å². The Morgan fingerprint density at radius 2 is 2.40 bits per heavy atom. The molecule has 0 bridgehead atoms. The van der Waals surface area contributed by atoms with Crippen LogP contribution in [0.5, 0.6) is 0 Å². The minimum Gasteiger partial charge on any atom is -0.379 e. The molecule has 0 aromatic carbocycles. The number of nitrogens with one attached hydrogen (secondary N) is 1. The molecule has 1 aliphatic heterocycles. The predicted molar refractivity (Wildman–Crippen MR) is 36.8 cm³/mol. The molecule has 0 atom stereocenters. The maximum atomic E-state index is 10.1. The molecule has 0 aliphatic carbocycles. The maximum absolute atomic E-state index is 10.1. The lowest BCUT2D eigenvalue weighted by Gasteiger charge is -2.07. The quantitative estimate of drug-likeness (QED) is 0.430. The van der Waals surface area contributed by atoms with Crippen molar-refractivity contribution in [3.8, 4) is 0 Å². The second-order valence-electron chi connectivity index (χ2n) is 2.12. The molecular formula is C6H8N2O2. The summed E-state index contributed by atoms with van der Waals surface area (Å²) in [7, 11) is 0. The van der Waals surface area contributed by atoms with Gasteiger partial charge in [-0.25, -0.2) is 0 Å². The minimum absolute atomic E-state index is 0.214. The minimum atomic E-state index is -0.379. The van der Waals surface area contributed by atoms with Crippen LogP contribution in [0.4, 0.5) is 0 Å². The molecule has 0 unspecified atom stereocenters. The van der Waals surface area contributed by atoms with Crippen LogP contribution in [0, 0.1) is 10.1 Å². The number of allylic oxidation sites excluding steroid dienone is 3. The first-order valence-corrected chi connectivity index (χ1v) is 2.96. The second-order valence-corrected chi connectivity index (χ2v) is 2.12. The summed E-state index contributed by atoms with van der Waals surface area (Å²) in [5.74, 6) is 0. The Bertz CT molecular complexity index is 218. The summed E-state index contributed by atoms with van der Waals surface area (Å²) in [5.41, 5.74) is 1.18. The first-order valence-electron chi connectivity index (χ1n) is 2.96. The van der Waals surface area contributed by atoms with Gasteiger partial charge in [-0.05, 0) is 13.0 Å². The summed E-state index contributed by atoms with van der Waals surface area (Å²) in [6.07, 6.45) is 3.22. The van der Waals surface area contributed by atoms with Crippen molar-refractivity contribution in [3.05, 3.63) is 33.7 Å². The molecule has 0 saturated carbocycles. The van der Waals surface area contributed by atoms with Crippen LogP contribution in [0.3, 0.4) is 0 Å². The second kappa shape index (κ2) is 2.51. The fourth-order valence-corrected chi connectivity index (χ4v) is 0.694. The Morgan fingerprint density at radius 3 is 2.80 bits per heavy atom. The third-order valence-corrected chi connectivity index (χ3v) is 1.31. The molecule has 0 aromatic heterocycles. The van der Waals surface area contributed by atoms with E-state index < -0.39 is 0 Å². The summed E-state index contributed by atoms with van der Waals surface area (Å²) < 4.78 is 0. The van der Waals surface area contributed by atoms with Crippen LogP contribution in [0.15, 0.2) is 23.5 Å². The van der Waals surface area contributed by atoms with E-state index in [1.54, 1.807) is 6.08 Å². The van der Waals surface area contributed by atoms with Crippen molar-refractivity contribution < 1.29 is 4.92 Å². The van der Waals surface area contributed by atoms with Crippen molar-refractivity contribution >= 4 is 0 Å². The fourth-order valence-electron chi connectivity index (χ4n) is 0.694. The molecule has 4 nitrogen and oxygen atoms in total. The number of nitrogens with zero attached hydrogens (tertiary/aromatic N) is 1. The smallest absolute Gasteiger partial charge is 0.265 e. The van der Waals surface area contributed by atoms with Crippen molar-refractivity contribution in [2.45, 2.75) is 6.92 Å². The van der Waals surface area contributed by atoms with E-state index in [1.165, 1.54) is 6.08 Å². The lowest BCUT2D eigenvalue weighted by atomic mass is 10.3. The van der Waals surface area contributed by atoms with E-state index in [2.05, 4.69) is 5.32 Å². The highest BCUT2D eigenvalue weighted by Crippen LogP contribution is 2.02. The average Bonchev–Trinajstić information content (AvgIpc) is 1.88. The summed E-state index contributed by atoms with van der Waals surface area (Å²) in [6.45, 7) is 2.20. The summed E-state index contributed by atoms with van der Waals surface area (Å²) >= 11 is 0. The van der Waals surface area contributed by atoms with E-state index in [0.29, 0.717) is 6.54 Å². The first kappa shape index (κ1) is 6.80. The molecule has 0 saturated heterocycles. The van der Waals surface area contributed by atoms with Gasteiger partial charge in [0, 0.05) is 11.8 Å². The molecule has 0 radical (unpaired) electrons. The Balaban J connectivity index is 2.74. The van der Waals surface area contributed by atoms with E-state index in [0.717, 1.165) is 5.70 Å². The number of hydrogen-bond acceptors (Lipinski definition) is 3. The van der Waals surface area contributed by atoms with Crippen LogP contribution in [0.2, 0.25) is 0 Å². The molecule has 0 spiro atoms. The van der Waals surface area contributed by atoms with Gasteiger partial charge in [-0.2, -0.15) is 0 Å². The van der Waals surface area contributed by atoms with Gasteiger partial charge in [0.1, 0.15) is 6.54 Å². The van der Waals surface area contributed by atoms with Crippen LogP contribution >= 0.6 is 0 Å². The zero-order valence-corrected chi connectivity index (χ0v) is 5.63. The number of hydrogen-bond donors (Lipinski definition) is 1. The van der Waals surface area contributed by atoms with Crippen molar-refractivity contribution in [2.75, 3.05) is 6.54 Å². The van der Waals surface area contributed by atoms with Gasteiger partial charge >= 0.3 is 0 Å². The molecule has 1 N–H and O–H groups in total. The van der Waals surface area contributed by atoms with Gasteiger partial charge in [0.25, 0.3) is 5.70 Å². The van der Waals surface area contributed by atoms with Crippen molar-refractivity contribution in [2.24, 2.45) is 0 Å². The van der Waals surface area contributed by atoms with Crippen LogP contribution in [-0.2, 0) is 0 Å². The van der Waals surface area contributed by atoms with Gasteiger partial charge in [-0.15, -0.1) is 0 Å². The lowest BCUT2D eigenvalue weighted by Crippen LogP contribution is -2.21.